The summed E-state index contributed by atoms with van der Waals surface area (Å²) in [6.45, 7) is 28.1. The van der Waals surface area contributed by atoms with E-state index in [0.717, 1.165) is 124 Å². The van der Waals surface area contributed by atoms with Gasteiger partial charge in [-0.25, -0.2) is 9.18 Å². The van der Waals surface area contributed by atoms with E-state index in [9.17, 15) is 24.0 Å². The van der Waals surface area contributed by atoms with Crippen molar-refractivity contribution in [3.63, 3.8) is 0 Å². The van der Waals surface area contributed by atoms with Crippen molar-refractivity contribution < 1.29 is 47.3 Å². The van der Waals surface area contributed by atoms with Gasteiger partial charge in [-0.15, -0.1) is 5.54 Å². The maximum Gasteiger partial charge on any atom is 0.410 e. The normalized spacial score (nSPS) is 21.5. The number of hydrogen-bond donors (Lipinski definition) is 1. The van der Waals surface area contributed by atoms with Gasteiger partial charge in [-0.3, -0.25) is 44.2 Å². The first-order chi connectivity index (χ1) is 43.5. The Morgan fingerprint density at radius 2 is 1.51 bits per heavy atom. The Kier molecular flexibility index (Phi) is 18.0. The van der Waals surface area contributed by atoms with E-state index in [1.807, 2.05) is 62.1 Å². The van der Waals surface area contributed by atoms with Crippen LogP contribution < -0.4 is 24.6 Å². The van der Waals surface area contributed by atoms with Gasteiger partial charge in [0.05, 0.1) is 35.2 Å². The lowest BCUT2D eigenvalue weighted by Gasteiger charge is -2.42. The van der Waals surface area contributed by atoms with Crippen molar-refractivity contribution in [3.05, 3.63) is 77.2 Å². The van der Waals surface area contributed by atoms with Crippen LogP contribution in [-0.4, -0.2) is 182 Å². The van der Waals surface area contributed by atoms with E-state index in [1.54, 1.807) is 25.4 Å². The summed E-state index contributed by atoms with van der Waals surface area (Å²) in [7, 11) is -0.604. The SMILES string of the molecule is COCOc1cc(-c2ncc3c(N4CC5CCC(C4)N5C(=O)OC(C)(C)C)nc(OCC4(CN5CCC(CCN6CCN(c7ccc8c(c7)C(=O)N(C7CCC(=O)NC7=O)C8=O)CC6)CC5)CC4)nc3c2F)c2c(C#C[Si](C(C)C)(C(C)C)C(C)C)cccc2c1. The van der Waals surface area contributed by atoms with Crippen LogP contribution in [0, 0.1) is 28.6 Å². The number of nitrogens with one attached hydrogen (secondary N) is 1. The largest absolute Gasteiger partial charge is 0.468 e. The highest BCUT2D eigenvalue weighted by Gasteiger charge is 2.49. The van der Waals surface area contributed by atoms with Gasteiger partial charge < -0.3 is 33.6 Å². The minimum Gasteiger partial charge on any atom is -0.468 e. The predicted molar refractivity (Wildman–Crippen MR) is 350 cm³/mol. The number of amides is 5. The zero-order valence-electron chi connectivity index (χ0n) is 54.7. The zero-order chi connectivity index (χ0) is 64.3. The minimum absolute atomic E-state index is 0.00156. The van der Waals surface area contributed by atoms with Crippen molar-refractivity contribution in [2.24, 2.45) is 11.3 Å². The summed E-state index contributed by atoms with van der Waals surface area (Å²) in [6.07, 6.45) is 8.56. The number of hydrogen-bond acceptors (Lipinski definition) is 16. The fourth-order valence-electron chi connectivity index (χ4n) is 15.6. The number of halogens is 1. The van der Waals surface area contributed by atoms with E-state index in [4.69, 9.17) is 33.9 Å². The molecule has 91 heavy (non-hydrogen) atoms. The number of rotatable bonds is 18. The first kappa shape index (κ1) is 63.9. The molecule has 2 bridgehead atoms. The van der Waals surface area contributed by atoms with Gasteiger partial charge in [0.1, 0.15) is 42.5 Å². The third-order valence-electron chi connectivity index (χ3n) is 20.6. The topological polar surface area (TPSA) is 192 Å². The molecular weight excluding hydrogens is 1170 g/mol. The third kappa shape index (κ3) is 12.9. The van der Waals surface area contributed by atoms with Gasteiger partial charge in [0.2, 0.25) is 11.8 Å². The van der Waals surface area contributed by atoms with Crippen molar-refractivity contribution in [1.82, 2.24) is 39.9 Å². The number of benzene rings is 3. The molecule has 0 radical (unpaired) electrons. The quantitative estimate of drug-likeness (QED) is 0.0377. The van der Waals surface area contributed by atoms with E-state index >= 15 is 4.39 Å². The molecule has 0 spiro atoms. The molecule has 5 aromatic rings. The van der Waals surface area contributed by atoms with E-state index in [1.165, 1.54) is 0 Å². The smallest absolute Gasteiger partial charge is 0.410 e. The summed E-state index contributed by atoms with van der Waals surface area (Å²) in [5.74, 6) is 2.72. The predicted octanol–water partition coefficient (Wildman–Crippen LogP) is 10.6. The number of carbonyl (C=O) groups is 5. The Labute approximate surface area is 535 Å². The van der Waals surface area contributed by atoms with E-state index in [-0.39, 0.29) is 66.0 Å². The van der Waals surface area contributed by atoms with Gasteiger partial charge in [0, 0.05) is 93.2 Å². The second-order valence-electron chi connectivity index (χ2n) is 28.6. The fraction of sp³-hybridized carbons (Fsp3) is 0.571. The van der Waals surface area contributed by atoms with Crippen LogP contribution in [0.25, 0.3) is 32.9 Å². The monoisotopic (exact) mass is 1260 g/mol. The number of likely N-dealkylation sites (tertiary alicyclic amines) is 1. The highest BCUT2D eigenvalue weighted by Crippen LogP contribution is 2.48. The van der Waals surface area contributed by atoms with Crippen LogP contribution in [0.1, 0.15) is 146 Å². The lowest BCUT2D eigenvalue weighted by atomic mass is 9.92. The Balaban J connectivity index is 0.740. The number of anilines is 2. The first-order valence-electron chi connectivity index (χ1n) is 33.1. The van der Waals surface area contributed by atoms with Gasteiger partial charge >= 0.3 is 12.1 Å². The molecule has 3 atom stereocenters. The number of imide groups is 2. The van der Waals surface area contributed by atoms with E-state index < -0.39 is 49.2 Å². The van der Waals surface area contributed by atoms with Crippen LogP contribution in [0.15, 0.2) is 54.7 Å². The molecule has 5 amide bonds. The number of fused-ring (bicyclic) bond motifs is 5. The van der Waals surface area contributed by atoms with Crippen LogP contribution in [0.4, 0.5) is 20.7 Å². The summed E-state index contributed by atoms with van der Waals surface area (Å²) in [6, 6.07) is 14.0. The van der Waals surface area contributed by atoms with Crippen molar-refractivity contribution in [2.45, 2.75) is 160 Å². The van der Waals surface area contributed by atoms with Gasteiger partial charge in [0.25, 0.3) is 11.8 Å². The molecule has 3 aromatic carbocycles. The van der Waals surface area contributed by atoms with E-state index in [0.29, 0.717) is 70.3 Å². The highest BCUT2D eigenvalue weighted by atomic mass is 28.3. The summed E-state index contributed by atoms with van der Waals surface area (Å²) >= 11 is 0. The number of piperidine rings is 2. The van der Waals surface area contributed by atoms with Crippen molar-refractivity contribution >= 4 is 71.0 Å². The van der Waals surface area contributed by atoms with Crippen molar-refractivity contribution in [3.8, 4) is 34.5 Å². The molecule has 5 saturated heterocycles. The van der Waals surface area contributed by atoms with Crippen molar-refractivity contribution in [2.75, 3.05) is 95.8 Å². The van der Waals surface area contributed by atoms with Gasteiger partial charge in [-0.1, -0.05) is 59.6 Å². The standard InChI is InChI=1S/C70H89FN10O9Si/c1-43(2)91(44(3)4,45(5)6)33-23-47-12-11-13-48-34-52(89-42-87-10)36-55(59(47)48)61-60(71)62-56(37-72-61)63(79-38-50-14-15-51(39-79)80(50)68(86)90-69(7,8)9)75-67(74-62)88-41-70(24-25-70)40-77-27-21-46(22-28-77)20-26-76-29-31-78(32-30-76)49-16-17-53-54(35-49)66(85)81(65(53)84)57-18-19-58(82)73-64(57)83/h11-13,16-17,34-37,43-46,50-51,57H,14-15,18-22,24-32,38-42H2,1-10H3,(H,73,82,83). The first-order valence-corrected chi connectivity index (χ1v) is 35.3. The third-order valence-corrected chi connectivity index (χ3v) is 26.9. The molecular formula is C70H89FN10O9Si. The Hall–Kier alpha value is -7.25. The maximum atomic E-state index is 18.3. The number of carbonyl (C=O) groups excluding carboxylic acids is 5. The molecule has 12 rings (SSSR count). The zero-order valence-corrected chi connectivity index (χ0v) is 55.7. The second-order valence-corrected chi connectivity index (χ2v) is 34.1. The number of methoxy groups -OCH3 is 1. The molecule has 1 N–H and O–H groups in total. The molecule has 8 heterocycles. The molecule has 1 aliphatic carbocycles. The average molecular weight is 1260 g/mol. The number of nitrogens with zero attached hydrogens (tertiary/aromatic N) is 9. The Morgan fingerprint density at radius 1 is 0.802 bits per heavy atom. The molecule has 2 aromatic heterocycles. The highest BCUT2D eigenvalue weighted by molar-refractivity contribution is 6.90. The van der Waals surface area contributed by atoms with Crippen LogP contribution >= 0.6 is 0 Å². The lowest BCUT2D eigenvalue weighted by Crippen LogP contribution is -2.57. The summed E-state index contributed by atoms with van der Waals surface area (Å²) < 4.78 is 42.3. The van der Waals surface area contributed by atoms with E-state index in [2.05, 4.69) is 77.9 Å². The van der Waals surface area contributed by atoms with Gasteiger partial charge in [-0.2, -0.15) is 9.97 Å². The van der Waals surface area contributed by atoms with Crippen LogP contribution in [0.2, 0.25) is 16.6 Å². The average Bonchev–Trinajstić information content (AvgIpc) is 1.62. The van der Waals surface area contributed by atoms with Crippen molar-refractivity contribution in [1.29, 1.82) is 0 Å². The van der Waals surface area contributed by atoms with Crippen LogP contribution in [0.3, 0.4) is 0 Å². The summed E-state index contributed by atoms with van der Waals surface area (Å²) in [4.78, 5) is 92.4. The van der Waals surface area contributed by atoms with Crippen LogP contribution in [-0.2, 0) is 19.1 Å². The number of aromatic nitrogens is 3. The minimum atomic E-state index is -2.17. The molecule has 6 aliphatic heterocycles. The lowest BCUT2D eigenvalue weighted by molar-refractivity contribution is -0.136. The molecule has 19 nitrogen and oxygen atoms in total. The van der Waals surface area contributed by atoms with Crippen LogP contribution in [0.5, 0.6) is 11.8 Å². The Bertz CT molecular complexity index is 3680. The number of ether oxygens (including phenoxy) is 4. The summed E-state index contributed by atoms with van der Waals surface area (Å²) in [5.41, 5.74) is 7.43. The summed E-state index contributed by atoms with van der Waals surface area (Å²) in [5, 5.41) is 4.33. The molecule has 6 fully saturated rings. The van der Waals surface area contributed by atoms with Gasteiger partial charge in [0.15, 0.2) is 12.6 Å². The maximum absolute atomic E-state index is 18.3. The molecule has 1 saturated carbocycles. The second kappa shape index (κ2) is 25.7. The number of pyridine rings is 1. The molecule has 7 aliphatic rings. The molecule has 21 heteroatoms. The molecule has 484 valence electrons. The number of piperazine rings is 2. The Morgan fingerprint density at radius 3 is 2.16 bits per heavy atom. The van der Waals surface area contributed by atoms with Gasteiger partial charge in [-0.05, 0) is 156 Å². The molecule has 3 unspecified atom stereocenters. The fourth-order valence-corrected chi connectivity index (χ4v) is 20.8.